The lowest BCUT2D eigenvalue weighted by Crippen LogP contribution is -2.47. The van der Waals surface area contributed by atoms with Gasteiger partial charge < -0.3 is 14.5 Å². The molecule has 0 saturated carbocycles. The normalized spacial score (nSPS) is 17.4. The summed E-state index contributed by atoms with van der Waals surface area (Å²) >= 11 is 11.9. The van der Waals surface area contributed by atoms with Gasteiger partial charge in [-0.25, -0.2) is 13.4 Å². The molecule has 0 bridgehead atoms. The van der Waals surface area contributed by atoms with E-state index in [0.717, 1.165) is 13.1 Å². The minimum Gasteiger partial charge on any atom is -0.474 e. The summed E-state index contributed by atoms with van der Waals surface area (Å²) in [7, 11) is -1.95. The summed E-state index contributed by atoms with van der Waals surface area (Å²) in [5.74, 6) is -0.0179. The number of carbonyl (C=O) groups is 1. The van der Waals surface area contributed by atoms with Crippen LogP contribution >= 0.6 is 23.2 Å². The molecule has 0 atom stereocenters. The number of likely N-dealkylation sites (N-methyl/N-ethyl adjacent to an activating group) is 1. The summed E-state index contributed by atoms with van der Waals surface area (Å²) in [5, 5.41) is 0.406. The Bertz CT molecular complexity index is 1090. The van der Waals surface area contributed by atoms with Crippen LogP contribution in [-0.2, 0) is 10.0 Å². The monoisotopic (exact) mass is 470 g/mol. The summed E-state index contributed by atoms with van der Waals surface area (Å²) in [6.07, 6.45) is 1.43. The molecule has 160 valence electrons. The first kappa shape index (κ1) is 21.2. The third-order valence-electron chi connectivity index (χ3n) is 5.15. The molecule has 11 heteroatoms. The highest BCUT2D eigenvalue weighted by Crippen LogP contribution is 2.35. The first-order valence-electron chi connectivity index (χ1n) is 9.36. The number of hydrogen-bond acceptors (Lipinski definition) is 6. The summed E-state index contributed by atoms with van der Waals surface area (Å²) in [6.45, 7) is 3.01. The second-order valence-electron chi connectivity index (χ2n) is 7.15. The molecule has 1 fully saturated rings. The number of halogens is 2. The highest BCUT2D eigenvalue weighted by Gasteiger charge is 2.32. The van der Waals surface area contributed by atoms with E-state index in [-0.39, 0.29) is 45.6 Å². The molecule has 3 heterocycles. The smallest absolute Gasteiger partial charge is 0.264 e. The molecular formula is C19H20Cl2N4O4S. The van der Waals surface area contributed by atoms with Gasteiger partial charge in [0, 0.05) is 32.4 Å². The molecule has 0 spiro atoms. The number of carbonyl (C=O) groups excluding carboxylic acids is 1. The van der Waals surface area contributed by atoms with Crippen molar-refractivity contribution in [2.45, 2.75) is 4.90 Å². The number of nitrogens with zero attached hydrogens (tertiary/aromatic N) is 4. The van der Waals surface area contributed by atoms with Crippen LogP contribution in [0.2, 0.25) is 10.0 Å². The van der Waals surface area contributed by atoms with Crippen molar-refractivity contribution < 1.29 is 17.9 Å². The van der Waals surface area contributed by atoms with E-state index in [0.29, 0.717) is 18.7 Å². The van der Waals surface area contributed by atoms with E-state index in [1.165, 1.54) is 34.8 Å². The maximum absolute atomic E-state index is 13.3. The molecule has 0 aliphatic carbocycles. The number of anilines is 1. The first-order chi connectivity index (χ1) is 14.3. The average Bonchev–Trinajstić information content (AvgIpc) is 2.74. The van der Waals surface area contributed by atoms with Gasteiger partial charge in [0.05, 0.1) is 27.0 Å². The van der Waals surface area contributed by atoms with Crippen LogP contribution in [-0.4, -0.2) is 75.5 Å². The maximum Gasteiger partial charge on any atom is 0.264 e. The third kappa shape index (κ3) is 3.94. The molecule has 4 rings (SSSR count). The number of ether oxygens (including phenoxy) is 1. The molecule has 2 aliphatic heterocycles. The van der Waals surface area contributed by atoms with Crippen LogP contribution in [0.25, 0.3) is 0 Å². The predicted octanol–water partition coefficient (Wildman–Crippen LogP) is 2.36. The molecule has 2 aromatic rings. The van der Waals surface area contributed by atoms with Crippen LogP contribution in [0.3, 0.4) is 0 Å². The van der Waals surface area contributed by atoms with Gasteiger partial charge in [-0.15, -0.1) is 0 Å². The highest BCUT2D eigenvalue weighted by atomic mass is 35.5. The van der Waals surface area contributed by atoms with Crippen molar-refractivity contribution in [2.75, 3.05) is 50.7 Å². The number of sulfonamides is 1. The number of amides is 1. The van der Waals surface area contributed by atoms with Crippen LogP contribution in [0.4, 0.5) is 5.69 Å². The SMILES string of the molecule is CN1CCN(C(=O)c2cnc3c(c2)N(S(=O)(=O)c2ccc(Cl)c(Cl)c2)CCO3)CC1. The molecule has 1 amide bonds. The van der Waals surface area contributed by atoms with Crippen LogP contribution in [0.15, 0.2) is 35.4 Å². The standard InChI is InChI=1S/C19H20Cl2N4O4S/c1-23-4-6-24(7-5-23)19(26)13-10-17-18(22-12-13)29-9-8-25(17)30(27,28)14-2-3-15(20)16(21)11-14/h2-3,10-12H,4-9H2,1H3. The summed E-state index contributed by atoms with van der Waals surface area (Å²) in [5.41, 5.74) is 0.547. The molecule has 30 heavy (non-hydrogen) atoms. The topological polar surface area (TPSA) is 83.0 Å². The highest BCUT2D eigenvalue weighted by molar-refractivity contribution is 7.92. The Hall–Kier alpha value is -2.07. The molecule has 0 unspecified atom stereocenters. The number of rotatable bonds is 3. The summed E-state index contributed by atoms with van der Waals surface area (Å²) in [4.78, 5) is 21.0. The minimum atomic E-state index is -3.95. The largest absolute Gasteiger partial charge is 0.474 e. The Balaban J connectivity index is 1.68. The molecular weight excluding hydrogens is 451 g/mol. The van der Waals surface area contributed by atoms with E-state index in [4.69, 9.17) is 27.9 Å². The second kappa shape index (κ2) is 8.22. The van der Waals surface area contributed by atoms with Crippen molar-refractivity contribution in [2.24, 2.45) is 0 Å². The number of pyridine rings is 1. The van der Waals surface area contributed by atoms with E-state index in [9.17, 15) is 13.2 Å². The van der Waals surface area contributed by atoms with Gasteiger partial charge in [0.25, 0.3) is 15.9 Å². The van der Waals surface area contributed by atoms with Gasteiger partial charge in [0.15, 0.2) is 0 Å². The number of piperazine rings is 1. The second-order valence-corrected chi connectivity index (χ2v) is 9.82. The Morgan fingerprint density at radius 2 is 1.80 bits per heavy atom. The van der Waals surface area contributed by atoms with Crippen molar-refractivity contribution >= 4 is 44.8 Å². The number of hydrogen-bond donors (Lipinski definition) is 0. The molecule has 1 aromatic heterocycles. The fourth-order valence-corrected chi connectivity index (χ4v) is 5.23. The maximum atomic E-state index is 13.3. The molecule has 8 nitrogen and oxygen atoms in total. The Morgan fingerprint density at radius 1 is 1.07 bits per heavy atom. The van der Waals surface area contributed by atoms with Crippen molar-refractivity contribution in [3.05, 3.63) is 46.1 Å². The average molecular weight is 471 g/mol. The lowest BCUT2D eigenvalue weighted by atomic mass is 10.2. The molecule has 1 aromatic carbocycles. The fraction of sp³-hybridized carbons (Fsp3) is 0.368. The van der Waals surface area contributed by atoms with E-state index in [2.05, 4.69) is 9.88 Å². The van der Waals surface area contributed by atoms with Gasteiger partial charge in [0.2, 0.25) is 5.88 Å². The number of aromatic nitrogens is 1. The Morgan fingerprint density at radius 3 is 2.50 bits per heavy atom. The lowest BCUT2D eigenvalue weighted by molar-refractivity contribution is 0.0663. The van der Waals surface area contributed by atoms with Crippen LogP contribution in [0, 0.1) is 0 Å². The van der Waals surface area contributed by atoms with Gasteiger partial charge in [0.1, 0.15) is 12.3 Å². The minimum absolute atomic E-state index is 0.000507. The number of benzene rings is 1. The van der Waals surface area contributed by atoms with Gasteiger partial charge in [-0.05, 0) is 31.3 Å². The summed E-state index contributed by atoms with van der Waals surface area (Å²) in [6, 6.07) is 5.66. The van der Waals surface area contributed by atoms with E-state index in [1.807, 2.05) is 7.05 Å². The van der Waals surface area contributed by atoms with Gasteiger partial charge >= 0.3 is 0 Å². The molecule has 2 aliphatic rings. The van der Waals surface area contributed by atoms with Crippen LogP contribution in [0.1, 0.15) is 10.4 Å². The van der Waals surface area contributed by atoms with E-state index >= 15 is 0 Å². The molecule has 0 radical (unpaired) electrons. The van der Waals surface area contributed by atoms with Crippen molar-refractivity contribution in [3.8, 4) is 5.88 Å². The van der Waals surface area contributed by atoms with Crippen molar-refractivity contribution in [1.29, 1.82) is 0 Å². The van der Waals surface area contributed by atoms with Crippen molar-refractivity contribution in [1.82, 2.24) is 14.8 Å². The number of fused-ring (bicyclic) bond motifs is 1. The first-order valence-corrected chi connectivity index (χ1v) is 11.6. The Labute approximate surface area is 185 Å². The molecule has 0 N–H and O–H groups in total. The van der Waals surface area contributed by atoms with E-state index in [1.54, 1.807) is 4.90 Å². The summed E-state index contributed by atoms with van der Waals surface area (Å²) < 4.78 is 33.3. The fourth-order valence-electron chi connectivity index (χ4n) is 3.40. The van der Waals surface area contributed by atoms with Crippen LogP contribution in [0.5, 0.6) is 5.88 Å². The van der Waals surface area contributed by atoms with E-state index < -0.39 is 10.0 Å². The van der Waals surface area contributed by atoms with Gasteiger partial charge in [-0.1, -0.05) is 23.2 Å². The van der Waals surface area contributed by atoms with Crippen LogP contribution < -0.4 is 9.04 Å². The Kier molecular flexibility index (Phi) is 5.80. The predicted molar refractivity (Wildman–Crippen MR) is 114 cm³/mol. The van der Waals surface area contributed by atoms with Crippen molar-refractivity contribution in [3.63, 3.8) is 0 Å². The van der Waals surface area contributed by atoms with Gasteiger partial charge in [-0.3, -0.25) is 9.10 Å². The molecule has 1 saturated heterocycles. The van der Waals surface area contributed by atoms with Gasteiger partial charge in [-0.2, -0.15) is 0 Å². The lowest BCUT2D eigenvalue weighted by Gasteiger charge is -2.33. The zero-order valence-electron chi connectivity index (χ0n) is 16.2. The third-order valence-corrected chi connectivity index (χ3v) is 7.70. The zero-order chi connectivity index (χ0) is 21.5. The zero-order valence-corrected chi connectivity index (χ0v) is 18.5. The quantitative estimate of drug-likeness (QED) is 0.684.